The summed E-state index contributed by atoms with van der Waals surface area (Å²) in [4.78, 5) is 2.35. The Labute approximate surface area is 323 Å². The Morgan fingerprint density at radius 2 is 1.00 bits per heavy atom. The molecule has 2 heterocycles. The highest BCUT2D eigenvalue weighted by molar-refractivity contribution is 7.26. The third-order valence-corrected chi connectivity index (χ3v) is 12.2. The molecule has 0 saturated carbocycles. The van der Waals surface area contributed by atoms with E-state index in [4.69, 9.17) is 0 Å². The minimum absolute atomic E-state index is 1.12. The highest BCUT2D eigenvalue weighted by Gasteiger charge is 2.19. The summed E-state index contributed by atoms with van der Waals surface area (Å²) in [6, 6.07) is 75.2. The zero-order valence-corrected chi connectivity index (χ0v) is 30.7. The SMILES string of the molecule is c1ccc(-c2ccc3c4ccccc4n(-c4cc(-c5ccc(N(c6ccccc6)c6ccc7ccccc7c6)cc5)c5sc6ccccc6c5c4)c3c2)cc1. The molecule has 0 N–H and O–H groups in total. The van der Waals surface area contributed by atoms with Gasteiger partial charge in [-0.2, -0.15) is 0 Å². The molecule has 0 bridgehead atoms. The Bertz CT molecular complexity index is 3190. The number of thiophene rings is 1. The topological polar surface area (TPSA) is 8.17 Å². The summed E-state index contributed by atoms with van der Waals surface area (Å²) in [5.41, 5.74) is 11.8. The van der Waals surface area contributed by atoms with Crippen LogP contribution in [0.5, 0.6) is 0 Å². The fourth-order valence-corrected chi connectivity index (χ4v) is 9.56. The Balaban J connectivity index is 1.11. The first-order valence-corrected chi connectivity index (χ1v) is 19.6. The van der Waals surface area contributed by atoms with E-state index in [1.165, 1.54) is 75.0 Å². The number of hydrogen-bond donors (Lipinski definition) is 0. The van der Waals surface area contributed by atoms with Gasteiger partial charge in [-0.3, -0.25) is 0 Å². The molecule has 0 amide bonds. The first-order chi connectivity index (χ1) is 27.3. The predicted octanol–water partition coefficient (Wildman–Crippen LogP) is 15.1. The number of aromatic nitrogens is 1. The van der Waals surface area contributed by atoms with E-state index in [-0.39, 0.29) is 0 Å². The average Bonchev–Trinajstić information content (AvgIpc) is 3.80. The van der Waals surface area contributed by atoms with Crippen molar-refractivity contribution < 1.29 is 0 Å². The van der Waals surface area contributed by atoms with Crippen LogP contribution in [-0.2, 0) is 0 Å². The van der Waals surface area contributed by atoms with Crippen LogP contribution >= 0.6 is 11.3 Å². The van der Waals surface area contributed by atoms with Crippen molar-refractivity contribution in [3.05, 3.63) is 206 Å². The molecule has 2 nitrogen and oxygen atoms in total. The van der Waals surface area contributed by atoms with Gasteiger partial charge in [0.15, 0.2) is 0 Å². The maximum Gasteiger partial charge on any atom is 0.0547 e. The monoisotopic (exact) mass is 718 g/mol. The Morgan fingerprint density at radius 1 is 0.364 bits per heavy atom. The average molecular weight is 719 g/mol. The molecule has 0 spiro atoms. The van der Waals surface area contributed by atoms with Crippen molar-refractivity contribution in [2.45, 2.75) is 0 Å². The lowest BCUT2D eigenvalue weighted by atomic mass is 10.0. The highest BCUT2D eigenvalue weighted by Crippen LogP contribution is 2.44. The molecule has 2 aromatic heterocycles. The lowest BCUT2D eigenvalue weighted by Crippen LogP contribution is -2.09. The normalized spacial score (nSPS) is 11.6. The van der Waals surface area contributed by atoms with Crippen molar-refractivity contribution in [1.82, 2.24) is 4.57 Å². The minimum atomic E-state index is 1.12. The van der Waals surface area contributed by atoms with Gasteiger partial charge in [0.2, 0.25) is 0 Å². The van der Waals surface area contributed by atoms with Gasteiger partial charge in [-0.15, -0.1) is 11.3 Å². The van der Waals surface area contributed by atoms with E-state index in [2.05, 4.69) is 216 Å². The Hall–Kier alpha value is -6.94. The van der Waals surface area contributed by atoms with E-state index in [0.717, 1.165) is 22.7 Å². The standard InChI is InChI=1S/C52H34N2S/c1-3-13-35(14-4-1)39-26-30-45-44-19-9-11-21-49(44)54(50(45)32-39)43-33-47(52-48(34-43)46-20-10-12-22-51(46)55-52)37-24-27-41(28-25-37)53(40-17-5-2-6-18-40)42-29-23-36-15-7-8-16-38(36)31-42/h1-34H. The van der Waals surface area contributed by atoms with Crippen LogP contribution in [0.3, 0.4) is 0 Å². The van der Waals surface area contributed by atoms with Crippen molar-refractivity contribution in [2.24, 2.45) is 0 Å². The lowest BCUT2D eigenvalue weighted by Gasteiger charge is -2.26. The summed E-state index contributed by atoms with van der Waals surface area (Å²) >= 11 is 1.88. The molecule has 0 aliphatic carbocycles. The van der Waals surface area contributed by atoms with Crippen LogP contribution in [0.2, 0.25) is 0 Å². The first-order valence-electron chi connectivity index (χ1n) is 18.8. The summed E-state index contributed by atoms with van der Waals surface area (Å²) in [7, 11) is 0. The van der Waals surface area contributed by atoms with Gasteiger partial charge < -0.3 is 9.47 Å². The van der Waals surface area contributed by atoms with Crippen LogP contribution < -0.4 is 4.90 Å². The van der Waals surface area contributed by atoms with Gasteiger partial charge in [-0.05, 0) is 94.2 Å². The molecular formula is C52H34N2S. The number of para-hydroxylation sites is 2. The molecule has 55 heavy (non-hydrogen) atoms. The van der Waals surface area contributed by atoms with Crippen molar-refractivity contribution in [1.29, 1.82) is 0 Å². The van der Waals surface area contributed by atoms with Gasteiger partial charge in [0.1, 0.15) is 0 Å². The van der Waals surface area contributed by atoms with Gasteiger partial charge >= 0.3 is 0 Å². The summed E-state index contributed by atoms with van der Waals surface area (Å²) < 4.78 is 5.07. The number of benzene rings is 9. The Morgan fingerprint density at radius 3 is 1.84 bits per heavy atom. The Kier molecular flexibility index (Phi) is 7.39. The predicted molar refractivity (Wildman–Crippen MR) is 237 cm³/mol. The van der Waals surface area contributed by atoms with Gasteiger partial charge in [-0.25, -0.2) is 0 Å². The second-order valence-electron chi connectivity index (χ2n) is 14.2. The summed E-state index contributed by atoms with van der Waals surface area (Å²) in [6.45, 7) is 0. The van der Waals surface area contributed by atoms with Crippen molar-refractivity contribution in [3.63, 3.8) is 0 Å². The molecule has 11 aromatic rings. The number of fused-ring (bicyclic) bond motifs is 7. The highest BCUT2D eigenvalue weighted by atomic mass is 32.1. The smallest absolute Gasteiger partial charge is 0.0547 e. The van der Waals surface area contributed by atoms with Crippen molar-refractivity contribution in [3.8, 4) is 27.9 Å². The zero-order valence-electron chi connectivity index (χ0n) is 29.9. The summed E-state index contributed by atoms with van der Waals surface area (Å²) in [5.74, 6) is 0. The van der Waals surface area contributed by atoms with Crippen LogP contribution in [0, 0.1) is 0 Å². The number of hydrogen-bond acceptors (Lipinski definition) is 2. The molecule has 0 radical (unpaired) electrons. The number of nitrogens with zero attached hydrogens (tertiary/aromatic N) is 2. The second-order valence-corrected chi connectivity index (χ2v) is 15.2. The van der Waals surface area contributed by atoms with Crippen LogP contribution in [0.25, 0.3) is 80.7 Å². The van der Waals surface area contributed by atoms with E-state index >= 15 is 0 Å². The molecule has 0 unspecified atom stereocenters. The summed E-state index contributed by atoms with van der Waals surface area (Å²) in [6.07, 6.45) is 0. The van der Waals surface area contributed by atoms with Gasteiger partial charge in [0.25, 0.3) is 0 Å². The fourth-order valence-electron chi connectivity index (χ4n) is 8.34. The summed E-state index contributed by atoms with van der Waals surface area (Å²) in [5, 5.41) is 7.55. The molecule has 0 aliphatic rings. The van der Waals surface area contributed by atoms with E-state index in [0.29, 0.717) is 0 Å². The molecule has 0 fully saturated rings. The number of anilines is 3. The third kappa shape index (κ3) is 5.32. The van der Waals surface area contributed by atoms with Gasteiger partial charge in [0.05, 0.1) is 11.0 Å². The van der Waals surface area contributed by atoms with Crippen LogP contribution in [0.1, 0.15) is 0 Å². The second kappa shape index (κ2) is 12.9. The van der Waals surface area contributed by atoms with Crippen LogP contribution in [0.4, 0.5) is 17.1 Å². The van der Waals surface area contributed by atoms with E-state index < -0.39 is 0 Å². The van der Waals surface area contributed by atoms with Gasteiger partial charge in [0, 0.05) is 59.3 Å². The van der Waals surface area contributed by atoms with E-state index in [9.17, 15) is 0 Å². The van der Waals surface area contributed by atoms with Crippen LogP contribution in [-0.4, -0.2) is 4.57 Å². The minimum Gasteiger partial charge on any atom is -0.310 e. The lowest BCUT2D eigenvalue weighted by molar-refractivity contribution is 1.19. The third-order valence-electron chi connectivity index (χ3n) is 10.9. The fraction of sp³-hybridized carbons (Fsp3) is 0. The quantitative estimate of drug-likeness (QED) is 0.166. The zero-order chi connectivity index (χ0) is 36.3. The largest absolute Gasteiger partial charge is 0.310 e. The van der Waals surface area contributed by atoms with Crippen molar-refractivity contribution >= 4 is 81.1 Å². The molecule has 258 valence electrons. The van der Waals surface area contributed by atoms with Crippen molar-refractivity contribution in [2.75, 3.05) is 4.90 Å². The first kappa shape index (κ1) is 31.6. The molecule has 0 aliphatic heterocycles. The van der Waals surface area contributed by atoms with E-state index in [1.54, 1.807) is 0 Å². The van der Waals surface area contributed by atoms with E-state index in [1.807, 2.05) is 11.3 Å². The molecule has 11 rings (SSSR count). The van der Waals surface area contributed by atoms with Crippen LogP contribution in [0.15, 0.2) is 206 Å². The molecule has 3 heteroatoms. The molecule has 9 aromatic carbocycles. The molecular weight excluding hydrogens is 685 g/mol. The van der Waals surface area contributed by atoms with Gasteiger partial charge in [-0.1, -0.05) is 140 Å². The molecule has 0 saturated heterocycles. The number of rotatable bonds is 6. The maximum atomic E-state index is 2.47. The molecule has 0 atom stereocenters. The maximum absolute atomic E-state index is 2.47.